The summed E-state index contributed by atoms with van der Waals surface area (Å²) in [6.07, 6.45) is 17.5. The summed E-state index contributed by atoms with van der Waals surface area (Å²) in [4.78, 5) is 0. The SMILES string of the molecule is N=S(=O)(OS(N)(=O)=O)N(CCC12CC3CC(CC(C3)C1)C2)CCC12CC3CC(CC(C3)C1)C2.[H-].[Na+]. The van der Waals surface area contributed by atoms with Crippen LogP contribution in [0.3, 0.4) is 0 Å². The van der Waals surface area contributed by atoms with Crippen LogP contribution in [0, 0.1) is 51.1 Å². The molecular weight excluding hydrogens is 481 g/mol. The molecule has 8 bridgehead atoms. The van der Waals surface area contributed by atoms with Gasteiger partial charge in [0.15, 0.2) is 0 Å². The van der Waals surface area contributed by atoms with Crippen molar-refractivity contribution >= 4 is 20.5 Å². The molecule has 3 N–H and O–H groups in total. The van der Waals surface area contributed by atoms with Crippen molar-refractivity contribution in [2.45, 2.75) is 89.9 Å². The van der Waals surface area contributed by atoms with E-state index in [1.165, 1.54) is 77.0 Å². The van der Waals surface area contributed by atoms with Crippen LogP contribution in [0.1, 0.15) is 91.3 Å². The normalized spacial score (nSPS) is 45.9. The van der Waals surface area contributed by atoms with Crippen molar-refractivity contribution in [1.29, 1.82) is 4.78 Å². The first-order valence-corrected chi connectivity index (χ1v) is 16.2. The zero-order valence-electron chi connectivity index (χ0n) is 21.8. The molecule has 8 saturated carbocycles. The van der Waals surface area contributed by atoms with Gasteiger partial charge < -0.3 is 1.43 Å². The van der Waals surface area contributed by atoms with E-state index in [-0.39, 0.29) is 41.8 Å². The Kier molecular flexibility index (Phi) is 7.15. The van der Waals surface area contributed by atoms with Gasteiger partial charge in [-0.05, 0) is 136 Å². The topological polar surface area (TPSA) is 114 Å². The second-order valence-electron chi connectivity index (χ2n) is 13.3. The molecule has 34 heavy (non-hydrogen) atoms. The van der Waals surface area contributed by atoms with Gasteiger partial charge in [-0.2, -0.15) is 12.7 Å². The van der Waals surface area contributed by atoms with Crippen molar-refractivity contribution in [3.05, 3.63) is 0 Å². The van der Waals surface area contributed by atoms with Crippen molar-refractivity contribution in [1.82, 2.24) is 4.31 Å². The van der Waals surface area contributed by atoms with Crippen LogP contribution < -0.4 is 34.7 Å². The summed E-state index contributed by atoms with van der Waals surface area (Å²) in [5.41, 5.74) is 0.565. The van der Waals surface area contributed by atoms with Crippen LogP contribution in [-0.4, -0.2) is 30.0 Å². The van der Waals surface area contributed by atoms with Crippen molar-refractivity contribution in [3.8, 4) is 0 Å². The fourth-order valence-corrected chi connectivity index (χ4v) is 12.5. The second-order valence-corrected chi connectivity index (χ2v) is 16.3. The van der Waals surface area contributed by atoms with Crippen LogP contribution in [0.2, 0.25) is 0 Å². The maximum Gasteiger partial charge on any atom is 1.00 e. The molecule has 1 unspecified atom stereocenters. The average molecular weight is 524 g/mol. The largest absolute Gasteiger partial charge is 1.00 e. The molecule has 1 atom stereocenters. The molecule has 0 aromatic rings. The fourth-order valence-electron chi connectivity index (χ4n) is 10.4. The minimum atomic E-state index is -4.46. The summed E-state index contributed by atoms with van der Waals surface area (Å²) >= 11 is 0. The Morgan fingerprint density at radius 2 is 1.03 bits per heavy atom. The summed E-state index contributed by atoms with van der Waals surface area (Å²) < 4.78 is 51.2. The summed E-state index contributed by atoms with van der Waals surface area (Å²) in [5, 5.41) is 5.07. The molecule has 0 aliphatic heterocycles. The Morgan fingerprint density at radius 1 is 0.735 bits per heavy atom. The van der Waals surface area contributed by atoms with Gasteiger partial charge in [0.05, 0.1) is 0 Å². The number of hydrogen-bond acceptors (Lipinski definition) is 5. The van der Waals surface area contributed by atoms with Gasteiger partial charge >= 0.3 is 39.9 Å². The quantitative estimate of drug-likeness (QED) is 0.448. The molecule has 8 rings (SSSR count). The summed E-state index contributed by atoms with van der Waals surface area (Å²) in [6, 6.07) is 0. The Labute approximate surface area is 230 Å². The van der Waals surface area contributed by atoms with E-state index in [2.05, 4.69) is 0 Å². The number of nitrogens with two attached hydrogens (primary N) is 1. The van der Waals surface area contributed by atoms with Gasteiger partial charge in [-0.3, -0.25) is 0 Å². The van der Waals surface area contributed by atoms with Crippen molar-refractivity contribution in [3.63, 3.8) is 0 Å². The fraction of sp³-hybridized carbons (Fsp3) is 1.00. The molecule has 0 heterocycles. The van der Waals surface area contributed by atoms with Gasteiger partial charge in [0.1, 0.15) is 0 Å². The summed E-state index contributed by atoms with van der Waals surface area (Å²) in [6.45, 7) is 0.937. The predicted octanol–water partition coefficient (Wildman–Crippen LogP) is 1.71. The van der Waals surface area contributed by atoms with Crippen LogP contribution in [-0.2, 0) is 24.1 Å². The van der Waals surface area contributed by atoms with Crippen LogP contribution in [0.4, 0.5) is 0 Å². The van der Waals surface area contributed by atoms with Gasteiger partial charge in [-0.1, -0.05) is 0 Å². The standard InChI is InChI=1S/C24H41N3O4S2.Na.H/c25-32(28,31-33(26,29)30)27(3-1-23-11-17-5-18(12-23)7-19(6-17)13-23)4-2-24-14-20-8-21(15-24)10-22(9-20)16-24;;/h17-22,25H,1-16H2,(H2,26,29,30);;/q;+1;-1. The van der Waals surface area contributed by atoms with Crippen molar-refractivity contribution in [2.75, 3.05) is 13.1 Å². The van der Waals surface area contributed by atoms with E-state index in [1.807, 2.05) is 0 Å². The summed E-state index contributed by atoms with van der Waals surface area (Å²) in [5.74, 6) is 4.99. The van der Waals surface area contributed by atoms with Crippen LogP contribution in [0.15, 0.2) is 0 Å². The van der Waals surface area contributed by atoms with E-state index >= 15 is 0 Å². The van der Waals surface area contributed by atoms with Crippen LogP contribution in [0.25, 0.3) is 0 Å². The maximum absolute atomic E-state index is 13.2. The first-order valence-electron chi connectivity index (χ1n) is 13.3. The van der Waals surface area contributed by atoms with E-state index < -0.39 is 20.5 Å². The smallest absolute Gasteiger partial charge is 1.00 e. The molecular formula is C24H42N3NaO4S2. The number of hydrogen-bond donors (Lipinski definition) is 2. The molecule has 10 heteroatoms. The molecule has 0 radical (unpaired) electrons. The molecule has 0 saturated heterocycles. The van der Waals surface area contributed by atoms with Crippen molar-refractivity contribution in [2.24, 2.45) is 51.5 Å². The van der Waals surface area contributed by atoms with Gasteiger partial charge in [0, 0.05) is 13.1 Å². The van der Waals surface area contributed by atoms with E-state index in [1.54, 1.807) is 4.31 Å². The number of nitrogens with zero attached hydrogens (tertiary/aromatic N) is 1. The molecule has 8 aliphatic rings. The third-order valence-corrected chi connectivity index (χ3v) is 13.2. The molecule has 190 valence electrons. The van der Waals surface area contributed by atoms with E-state index in [0.29, 0.717) is 13.1 Å². The first kappa shape index (κ1) is 26.4. The van der Waals surface area contributed by atoms with E-state index in [9.17, 15) is 12.6 Å². The minimum absolute atomic E-state index is 0. The number of rotatable bonds is 9. The van der Waals surface area contributed by atoms with Crippen molar-refractivity contribution < 1.29 is 47.2 Å². The third kappa shape index (κ3) is 5.33. The Hall–Kier alpha value is 0.780. The first-order chi connectivity index (χ1) is 15.5. The van der Waals surface area contributed by atoms with Gasteiger partial charge in [0.2, 0.25) is 10.2 Å². The molecule has 0 aromatic carbocycles. The predicted molar refractivity (Wildman–Crippen MR) is 128 cm³/mol. The molecule has 7 nitrogen and oxygen atoms in total. The summed E-state index contributed by atoms with van der Waals surface area (Å²) in [7, 11) is -8.38. The Morgan fingerprint density at radius 3 is 1.29 bits per heavy atom. The molecule has 0 amide bonds. The molecule has 0 spiro atoms. The van der Waals surface area contributed by atoms with E-state index in [0.717, 1.165) is 48.3 Å². The zero-order valence-corrected chi connectivity index (χ0v) is 24.4. The molecule has 0 aromatic heterocycles. The molecule has 8 fully saturated rings. The Balaban J connectivity index is 0.00000144. The van der Waals surface area contributed by atoms with E-state index in [4.69, 9.17) is 13.5 Å². The zero-order chi connectivity index (χ0) is 23.1. The van der Waals surface area contributed by atoms with Gasteiger partial charge in [0.25, 0.3) is 0 Å². The van der Waals surface area contributed by atoms with Gasteiger partial charge in [-0.15, -0.1) is 3.63 Å². The molecule has 8 aliphatic carbocycles. The average Bonchev–Trinajstić information content (AvgIpc) is 2.63. The third-order valence-electron chi connectivity index (χ3n) is 10.6. The van der Waals surface area contributed by atoms with Gasteiger partial charge in [-0.25, -0.2) is 14.1 Å². The van der Waals surface area contributed by atoms with Crippen LogP contribution >= 0.6 is 0 Å². The van der Waals surface area contributed by atoms with Crippen LogP contribution in [0.5, 0.6) is 0 Å². The second kappa shape index (κ2) is 9.21. The maximum atomic E-state index is 13.2. The monoisotopic (exact) mass is 523 g/mol. The minimum Gasteiger partial charge on any atom is -1.00 e. The number of nitrogens with one attached hydrogen (secondary N) is 1. The Bertz CT molecular complexity index is 888.